The van der Waals surface area contributed by atoms with E-state index in [2.05, 4.69) is 12.2 Å². The molecule has 0 aliphatic carbocycles. The van der Waals surface area contributed by atoms with Crippen LogP contribution < -0.4 is 5.32 Å². The van der Waals surface area contributed by atoms with Gasteiger partial charge in [0.2, 0.25) is 0 Å². The minimum absolute atomic E-state index is 0.0933. The van der Waals surface area contributed by atoms with E-state index in [4.69, 9.17) is 4.42 Å². The van der Waals surface area contributed by atoms with Crippen molar-refractivity contribution in [3.8, 4) is 0 Å². The van der Waals surface area contributed by atoms with Crippen LogP contribution in [-0.2, 0) is 12.0 Å². The number of benzene rings is 1. The quantitative estimate of drug-likeness (QED) is 0.858. The van der Waals surface area contributed by atoms with Crippen LogP contribution in [0.4, 0.5) is 0 Å². The van der Waals surface area contributed by atoms with E-state index < -0.39 is 5.60 Å². The van der Waals surface area contributed by atoms with Crippen LogP contribution in [0.15, 0.2) is 47.1 Å². The molecule has 1 aromatic carbocycles. The molecule has 1 aromatic heterocycles. The Balaban J connectivity index is 1.95. The maximum Gasteiger partial charge on any atom is 0.251 e. The van der Waals surface area contributed by atoms with Gasteiger partial charge in [-0.05, 0) is 43.2 Å². The molecule has 2 rings (SSSR count). The number of hydrogen-bond donors (Lipinski definition) is 2. The van der Waals surface area contributed by atoms with Crippen LogP contribution in [0, 0.1) is 0 Å². The summed E-state index contributed by atoms with van der Waals surface area (Å²) in [5.41, 5.74) is 0.586. The van der Waals surface area contributed by atoms with Crippen LogP contribution in [-0.4, -0.2) is 17.6 Å². The molecule has 4 nitrogen and oxygen atoms in total. The second kappa shape index (κ2) is 6.59. The van der Waals surface area contributed by atoms with Crippen molar-refractivity contribution in [2.75, 3.05) is 6.54 Å². The molecular formula is C17H21NO3. The number of rotatable bonds is 6. The van der Waals surface area contributed by atoms with Gasteiger partial charge in [0, 0.05) is 5.56 Å². The van der Waals surface area contributed by atoms with Crippen molar-refractivity contribution in [1.29, 1.82) is 0 Å². The summed E-state index contributed by atoms with van der Waals surface area (Å²) in [6.07, 6.45) is 3.59. The van der Waals surface area contributed by atoms with Crippen molar-refractivity contribution in [3.05, 3.63) is 59.5 Å². The van der Waals surface area contributed by atoms with Crippen molar-refractivity contribution in [2.45, 2.75) is 32.3 Å². The SMILES string of the molecule is CCCc1ccc(C(=O)NC[C@](C)(O)c2ccco2)cc1. The minimum atomic E-state index is -1.22. The number of carbonyl (C=O) groups is 1. The lowest BCUT2D eigenvalue weighted by molar-refractivity contribution is 0.0330. The van der Waals surface area contributed by atoms with Crippen molar-refractivity contribution in [1.82, 2.24) is 5.32 Å². The summed E-state index contributed by atoms with van der Waals surface area (Å²) in [5.74, 6) is 0.228. The van der Waals surface area contributed by atoms with Crippen molar-refractivity contribution in [3.63, 3.8) is 0 Å². The molecule has 1 atom stereocenters. The van der Waals surface area contributed by atoms with Crippen LogP contribution >= 0.6 is 0 Å². The monoisotopic (exact) mass is 287 g/mol. The Morgan fingerprint density at radius 1 is 1.29 bits per heavy atom. The molecule has 0 saturated carbocycles. The van der Waals surface area contributed by atoms with E-state index in [-0.39, 0.29) is 12.5 Å². The predicted octanol–water partition coefficient (Wildman–Crippen LogP) is 2.87. The third-order valence-electron chi connectivity index (χ3n) is 3.40. The topological polar surface area (TPSA) is 62.5 Å². The van der Waals surface area contributed by atoms with Gasteiger partial charge in [0.15, 0.2) is 0 Å². The normalized spacial score (nSPS) is 13.7. The molecule has 0 fully saturated rings. The van der Waals surface area contributed by atoms with Crippen LogP contribution in [0.2, 0.25) is 0 Å². The number of amides is 1. The first kappa shape index (κ1) is 15.3. The van der Waals surface area contributed by atoms with E-state index in [1.165, 1.54) is 11.8 Å². The van der Waals surface area contributed by atoms with Gasteiger partial charge < -0.3 is 14.8 Å². The van der Waals surface area contributed by atoms with Gasteiger partial charge >= 0.3 is 0 Å². The van der Waals surface area contributed by atoms with Gasteiger partial charge in [-0.25, -0.2) is 0 Å². The molecule has 0 radical (unpaired) electrons. The zero-order valence-electron chi connectivity index (χ0n) is 12.4. The summed E-state index contributed by atoms with van der Waals surface area (Å²) in [7, 11) is 0. The average molecular weight is 287 g/mol. The second-order valence-corrected chi connectivity index (χ2v) is 5.38. The van der Waals surface area contributed by atoms with E-state index in [0.29, 0.717) is 11.3 Å². The molecule has 0 bridgehead atoms. The Bertz CT molecular complexity index is 571. The highest BCUT2D eigenvalue weighted by molar-refractivity contribution is 5.94. The van der Waals surface area contributed by atoms with Crippen LogP contribution in [0.3, 0.4) is 0 Å². The molecule has 2 aromatic rings. The number of aliphatic hydroxyl groups is 1. The Hall–Kier alpha value is -2.07. The molecular weight excluding hydrogens is 266 g/mol. The van der Waals surface area contributed by atoms with Crippen molar-refractivity contribution in [2.24, 2.45) is 0 Å². The van der Waals surface area contributed by atoms with Gasteiger partial charge in [0.25, 0.3) is 5.91 Å². The van der Waals surface area contributed by atoms with E-state index in [0.717, 1.165) is 12.8 Å². The summed E-state index contributed by atoms with van der Waals surface area (Å²) in [5, 5.41) is 13.0. The van der Waals surface area contributed by atoms with E-state index in [1.807, 2.05) is 24.3 Å². The van der Waals surface area contributed by atoms with Gasteiger partial charge in [0.05, 0.1) is 12.8 Å². The Morgan fingerprint density at radius 2 is 2.00 bits per heavy atom. The Kier molecular flexibility index (Phi) is 4.81. The number of carbonyl (C=O) groups excluding carboxylic acids is 1. The Morgan fingerprint density at radius 3 is 2.57 bits per heavy atom. The fourth-order valence-corrected chi connectivity index (χ4v) is 2.14. The molecule has 0 saturated heterocycles. The zero-order valence-corrected chi connectivity index (χ0v) is 12.4. The molecule has 0 unspecified atom stereocenters. The van der Waals surface area contributed by atoms with E-state index in [1.54, 1.807) is 19.1 Å². The lowest BCUT2D eigenvalue weighted by Crippen LogP contribution is -2.38. The third-order valence-corrected chi connectivity index (χ3v) is 3.40. The lowest BCUT2D eigenvalue weighted by Gasteiger charge is -2.21. The standard InChI is InChI=1S/C17H21NO3/c1-3-5-13-7-9-14(10-8-13)16(19)18-12-17(2,20)15-6-4-11-21-15/h4,6-11,20H,3,5,12H2,1-2H3,(H,18,19)/t17-/m0/s1. The van der Waals surface area contributed by atoms with Crippen LogP contribution in [0.5, 0.6) is 0 Å². The minimum Gasteiger partial charge on any atom is -0.466 e. The zero-order chi connectivity index (χ0) is 15.3. The molecule has 4 heteroatoms. The first-order chi connectivity index (χ1) is 10.0. The fourth-order valence-electron chi connectivity index (χ4n) is 2.14. The van der Waals surface area contributed by atoms with Crippen molar-refractivity contribution < 1.29 is 14.3 Å². The summed E-state index contributed by atoms with van der Waals surface area (Å²) in [6.45, 7) is 3.82. The molecule has 21 heavy (non-hydrogen) atoms. The molecule has 1 heterocycles. The molecule has 0 spiro atoms. The summed E-state index contributed by atoms with van der Waals surface area (Å²) in [4.78, 5) is 12.1. The molecule has 1 amide bonds. The van der Waals surface area contributed by atoms with E-state index >= 15 is 0 Å². The molecule has 0 aliphatic heterocycles. The molecule has 0 aliphatic rings. The first-order valence-corrected chi connectivity index (χ1v) is 7.16. The fraction of sp³-hybridized carbons (Fsp3) is 0.353. The van der Waals surface area contributed by atoms with Crippen LogP contribution in [0.25, 0.3) is 0 Å². The van der Waals surface area contributed by atoms with Gasteiger partial charge in [-0.3, -0.25) is 4.79 Å². The second-order valence-electron chi connectivity index (χ2n) is 5.38. The van der Waals surface area contributed by atoms with Crippen molar-refractivity contribution >= 4 is 5.91 Å². The maximum absolute atomic E-state index is 12.1. The number of furan rings is 1. The molecule has 112 valence electrons. The van der Waals surface area contributed by atoms with Gasteiger partial charge in [-0.2, -0.15) is 0 Å². The highest BCUT2D eigenvalue weighted by Crippen LogP contribution is 2.20. The van der Waals surface area contributed by atoms with Gasteiger partial charge in [-0.1, -0.05) is 25.5 Å². The summed E-state index contributed by atoms with van der Waals surface area (Å²) < 4.78 is 5.18. The number of hydrogen-bond acceptors (Lipinski definition) is 3. The maximum atomic E-state index is 12.1. The number of nitrogens with one attached hydrogen (secondary N) is 1. The smallest absolute Gasteiger partial charge is 0.251 e. The summed E-state index contributed by atoms with van der Waals surface area (Å²) in [6, 6.07) is 10.9. The van der Waals surface area contributed by atoms with Gasteiger partial charge in [-0.15, -0.1) is 0 Å². The predicted molar refractivity (Wildman–Crippen MR) is 81.0 cm³/mol. The number of aryl methyl sites for hydroxylation is 1. The lowest BCUT2D eigenvalue weighted by atomic mass is 10.0. The van der Waals surface area contributed by atoms with E-state index in [9.17, 15) is 9.90 Å². The highest BCUT2D eigenvalue weighted by Gasteiger charge is 2.26. The first-order valence-electron chi connectivity index (χ1n) is 7.16. The highest BCUT2D eigenvalue weighted by atomic mass is 16.4. The molecule has 2 N–H and O–H groups in total. The summed E-state index contributed by atoms with van der Waals surface area (Å²) >= 11 is 0. The Labute approximate surface area is 124 Å². The van der Waals surface area contributed by atoms with Gasteiger partial charge in [0.1, 0.15) is 11.4 Å². The average Bonchev–Trinajstić information content (AvgIpc) is 3.01. The third kappa shape index (κ3) is 3.95. The largest absolute Gasteiger partial charge is 0.466 e. The van der Waals surface area contributed by atoms with Crippen LogP contribution in [0.1, 0.15) is 41.9 Å².